The highest BCUT2D eigenvalue weighted by atomic mass is 35.5. The first-order chi connectivity index (χ1) is 8.20. The van der Waals surface area contributed by atoms with Crippen LogP contribution in [0.15, 0.2) is 5.03 Å². The Morgan fingerprint density at radius 2 is 2.12 bits per heavy atom. The third-order valence-corrected chi connectivity index (χ3v) is 4.54. The molecular formula is C12H15ClN2OS. The average Bonchev–Trinajstić information content (AvgIpc) is 2.78. The quantitative estimate of drug-likeness (QED) is 0.477. The van der Waals surface area contributed by atoms with Crippen LogP contribution >= 0.6 is 23.4 Å². The Labute approximate surface area is 110 Å². The van der Waals surface area contributed by atoms with Gasteiger partial charge < -0.3 is 0 Å². The van der Waals surface area contributed by atoms with E-state index in [0.29, 0.717) is 11.4 Å². The van der Waals surface area contributed by atoms with Gasteiger partial charge in [0.1, 0.15) is 16.0 Å². The zero-order chi connectivity index (χ0) is 12.3. The summed E-state index contributed by atoms with van der Waals surface area (Å²) in [4.78, 5) is 19.3. The van der Waals surface area contributed by atoms with Crippen molar-refractivity contribution < 1.29 is 4.79 Å². The van der Waals surface area contributed by atoms with Gasteiger partial charge in [-0.05, 0) is 25.7 Å². The molecule has 17 heavy (non-hydrogen) atoms. The Hall–Kier alpha value is -0.610. The number of carbonyl (C=O) groups is 1. The summed E-state index contributed by atoms with van der Waals surface area (Å²) in [7, 11) is 0. The van der Waals surface area contributed by atoms with Crippen LogP contribution in [0, 0.1) is 12.8 Å². The Balaban J connectivity index is 2.10. The molecule has 1 fully saturated rings. The second-order valence-corrected chi connectivity index (χ2v) is 5.73. The van der Waals surface area contributed by atoms with Crippen LogP contribution in [0.1, 0.15) is 41.9 Å². The zero-order valence-electron chi connectivity index (χ0n) is 9.78. The number of carbonyl (C=O) groups excluding carboxylic acids is 1. The second kappa shape index (κ2) is 5.83. The van der Waals surface area contributed by atoms with E-state index in [9.17, 15) is 4.79 Å². The van der Waals surface area contributed by atoms with E-state index in [-0.39, 0.29) is 5.15 Å². The molecule has 0 spiro atoms. The van der Waals surface area contributed by atoms with Crippen molar-refractivity contribution in [1.82, 2.24) is 9.97 Å². The molecule has 1 aliphatic rings. The molecule has 0 amide bonds. The molecule has 0 saturated heterocycles. The van der Waals surface area contributed by atoms with Crippen molar-refractivity contribution in [2.45, 2.75) is 37.6 Å². The number of hydrogen-bond acceptors (Lipinski definition) is 4. The minimum Gasteiger partial charge on any atom is -0.298 e. The summed E-state index contributed by atoms with van der Waals surface area (Å²) in [6.07, 6.45) is 5.99. The van der Waals surface area contributed by atoms with E-state index in [2.05, 4.69) is 9.97 Å². The molecule has 0 N–H and O–H groups in total. The van der Waals surface area contributed by atoms with Gasteiger partial charge in [0, 0.05) is 5.75 Å². The number of halogens is 1. The standard InChI is InChI=1S/C12H15ClN2OS/c1-8-14-11(13)10(6-16)12(15-8)17-7-9-4-2-3-5-9/h6,9H,2-5,7H2,1H3. The number of aryl methyl sites for hydroxylation is 1. The molecule has 0 aliphatic heterocycles. The van der Waals surface area contributed by atoms with Gasteiger partial charge in [-0.25, -0.2) is 9.97 Å². The predicted octanol–water partition coefficient (Wildman–Crippen LogP) is 3.53. The molecule has 0 aromatic carbocycles. The Morgan fingerprint density at radius 3 is 2.76 bits per heavy atom. The Morgan fingerprint density at radius 1 is 1.41 bits per heavy atom. The molecule has 2 rings (SSSR count). The van der Waals surface area contributed by atoms with Gasteiger partial charge in [-0.15, -0.1) is 11.8 Å². The van der Waals surface area contributed by atoms with E-state index < -0.39 is 0 Å². The van der Waals surface area contributed by atoms with Gasteiger partial charge in [-0.1, -0.05) is 24.4 Å². The van der Waals surface area contributed by atoms with Crippen molar-refractivity contribution in [3.63, 3.8) is 0 Å². The van der Waals surface area contributed by atoms with Gasteiger partial charge >= 0.3 is 0 Å². The molecule has 5 heteroatoms. The number of aldehydes is 1. The molecule has 0 atom stereocenters. The van der Waals surface area contributed by atoms with Gasteiger partial charge in [-0.3, -0.25) is 4.79 Å². The summed E-state index contributed by atoms with van der Waals surface area (Å²) in [6, 6.07) is 0. The van der Waals surface area contributed by atoms with Crippen LogP contribution in [-0.2, 0) is 0 Å². The van der Waals surface area contributed by atoms with Crippen molar-refractivity contribution >= 4 is 29.6 Å². The summed E-state index contributed by atoms with van der Waals surface area (Å²) in [6.45, 7) is 1.79. The first-order valence-electron chi connectivity index (χ1n) is 5.83. The van der Waals surface area contributed by atoms with Crippen LogP contribution in [-0.4, -0.2) is 22.0 Å². The Kier molecular flexibility index (Phi) is 4.40. The summed E-state index contributed by atoms with van der Waals surface area (Å²) < 4.78 is 0. The molecule has 1 saturated carbocycles. The van der Waals surface area contributed by atoms with Gasteiger partial charge in [0.15, 0.2) is 6.29 Å². The number of thioether (sulfide) groups is 1. The summed E-state index contributed by atoms with van der Waals surface area (Å²) in [5, 5.41) is 0.992. The van der Waals surface area contributed by atoms with Crippen LogP contribution in [0.25, 0.3) is 0 Å². The van der Waals surface area contributed by atoms with Gasteiger partial charge in [0.2, 0.25) is 0 Å². The van der Waals surface area contributed by atoms with Crippen LogP contribution in [0.3, 0.4) is 0 Å². The van der Waals surface area contributed by atoms with Crippen LogP contribution < -0.4 is 0 Å². The summed E-state index contributed by atoms with van der Waals surface area (Å²) in [5.41, 5.74) is 0.431. The van der Waals surface area contributed by atoms with Crippen molar-refractivity contribution in [3.8, 4) is 0 Å². The highest BCUT2D eigenvalue weighted by Gasteiger charge is 2.17. The van der Waals surface area contributed by atoms with E-state index in [1.165, 1.54) is 25.7 Å². The topological polar surface area (TPSA) is 42.9 Å². The molecule has 92 valence electrons. The first kappa shape index (κ1) is 12.8. The molecule has 1 heterocycles. The van der Waals surface area contributed by atoms with E-state index >= 15 is 0 Å². The van der Waals surface area contributed by atoms with E-state index in [1.807, 2.05) is 0 Å². The molecule has 0 unspecified atom stereocenters. The van der Waals surface area contributed by atoms with Crippen molar-refractivity contribution in [2.24, 2.45) is 5.92 Å². The van der Waals surface area contributed by atoms with Crippen LogP contribution in [0.5, 0.6) is 0 Å². The number of hydrogen-bond donors (Lipinski definition) is 0. The summed E-state index contributed by atoms with van der Waals surface area (Å²) in [5.74, 6) is 2.40. The lowest BCUT2D eigenvalue weighted by Gasteiger charge is -2.10. The molecule has 1 aliphatic carbocycles. The monoisotopic (exact) mass is 270 g/mol. The number of rotatable bonds is 4. The smallest absolute Gasteiger partial charge is 0.155 e. The van der Waals surface area contributed by atoms with E-state index in [1.54, 1.807) is 18.7 Å². The lowest BCUT2D eigenvalue weighted by atomic mass is 10.1. The fourth-order valence-electron chi connectivity index (χ4n) is 2.11. The molecule has 0 radical (unpaired) electrons. The molecule has 0 bridgehead atoms. The first-order valence-corrected chi connectivity index (χ1v) is 7.19. The third kappa shape index (κ3) is 3.19. The van der Waals surface area contributed by atoms with Crippen molar-refractivity contribution in [2.75, 3.05) is 5.75 Å². The minimum atomic E-state index is 0.265. The SMILES string of the molecule is Cc1nc(Cl)c(C=O)c(SCC2CCCC2)n1. The fourth-order valence-corrected chi connectivity index (χ4v) is 3.64. The third-order valence-electron chi connectivity index (χ3n) is 3.02. The van der Waals surface area contributed by atoms with Crippen LogP contribution in [0.2, 0.25) is 5.15 Å². The number of nitrogens with zero attached hydrogens (tertiary/aromatic N) is 2. The van der Waals surface area contributed by atoms with Crippen molar-refractivity contribution in [1.29, 1.82) is 0 Å². The summed E-state index contributed by atoms with van der Waals surface area (Å²) >= 11 is 7.56. The number of aromatic nitrogens is 2. The van der Waals surface area contributed by atoms with Gasteiger partial charge in [-0.2, -0.15) is 0 Å². The minimum absolute atomic E-state index is 0.265. The Bertz CT molecular complexity index is 419. The molecule has 1 aromatic heterocycles. The maximum absolute atomic E-state index is 11.0. The van der Waals surface area contributed by atoms with E-state index in [4.69, 9.17) is 11.6 Å². The van der Waals surface area contributed by atoms with Gasteiger partial charge in [0.25, 0.3) is 0 Å². The average molecular weight is 271 g/mol. The molecular weight excluding hydrogens is 256 g/mol. The predicted molar refractivity (Wildman–Crippen MR) is 69.8 cm³/mol. The maximum Gasteiger partial charge on any atom is 0.155 e. The fraction of sp³-hybridized carbons (Fsp3) is 0.583. The maximum atomic E-state index is 11.0. The normalized spacial score (nSPS) is 16.4. The highest BCUT2D eigenvalue weighted by molar-refractivity contribution is 7.99. The lowest BCUT2D eigenvalue weighted by molar-refractivity contribution is 0.112. The molecule has 3 nitrogen and oxygen atoms in total. The largest absolute Gasteiger partial charge is 0.298 e. The molecule has 1 aromatic rings. The van der Waals surface area contributed by atoms with E-state index in [0.717, 1.165) is 23.0 Å². The highest BCUT2D eigenvalue weighted by Crippen LogP contribution is 2.32. The van der Waals surface area contributed by atoms with Crippen molar-refractivity contribution in [3.05, 3.63) is 16.5 Å². The van der Waals surface area contributed by atoms with Gasteiger partial charge in [0.05, 0.1) is 5.56 Å². The zero-order valence-corrected chi connectivity index (χ0v) is 11.4. The van der Waals surface area contributed by atoms with Crippen LogP contribution in [0.4, 0.5) is 0 Å². The second-order valence-electron chi connectivity index (χ2n) is 4.36. The lowest BCUT2D eigenvalue weighted by Crippen LogP contribution is -2.02.